The highest BCUT2D eigenvalue weighted by molar-refractivity contribution is 6.16. The molecule has 0 saturated heterocycles. The van der Waals surface area contributed by atoms with Crippen LogP contribution >= 0.6 is 11.6 Å². The Kier molecular flexibility index (Phi) is 4.19. The number of nitrogens with zero attached hydrogens (tertiary/aromatic N) is 4. The molecule has 4 nitrogen and oxygen atoms in total. The fourth-order valence-corrected chi connectivity index (χ4v) is 2.76. The van der Waals surface area contributed by atoms with Crippen LogP contribution in [0, 0.1) is 12.8 Å². The third-order valence-electron chi connectivity index (χ3n) is 4.11. The monoisotopic (exact) mass is 282 g/mol. The zero-order valence-electron chi connectivity index (χ0n) is 12.4. The fraction of sp³-hybridized carbons (Fsp3) is 0.714. The molecule has 2 heterocycles. The average Bonchev–Trinajstić information content (AvgIpc) is 2.94. The van der Waals surface area contributed by atoms with Gasteiger partial charge in [-0.1, -0.05) is 20.3 Å². The van der Waals surface area contributed by atoms with Gasteiger partial charge in [-0.2, -0.15) is 5.10 Å². The number of fused-ring (bicyclic) bond motifs is 1. The molecule has 2 atom stereocenters. The van der Waals surface area contributed by atoms with E-state index in [0.29, 0.717) is 17.8 Å². The van der Waals surface area contributed by atoms with E-state index in [1.54, 1.807) is 0 Å². The fourth-order valence-electron chi connectivity index (χ4n) is 2.57. The minimum absolute atomic E-state index is 0.380. The molecule has 0 aliphatic carbocycles. The normalized spacial score (nSPS) is 15.1. The Bertz CT molecular complexity index is 570. The molecule has 2 aromatic heterocycles. The Labute approximate surface area is 119 Å². The van der Waals surface area contributed by atoms with Crippen molar-refractivity contribution in [1.82, 2.24) is 19.3 Å². The van der Waals surface area contributed by atoms with Gasteiger partial charge in [-0.3, -0.25) is 0 Å². The van der Waals surface area contributed by atoms with Gasteiger partial charge in [-0.25, -0.2) is 9.67 Å². The standard InChI is InChI=1S/C14H23ClN4/c1-6-9(3)11(5)19-12(8-15)16-13-10(4)17-18(7-2)14(13)19/h9,11H,6-8H2,1-5H3. The molecule has 0 spiro atoms. The maximum atomic E-state index is 6.09. The highest BCUT2D eigenvalue weighted by Crippen LogP contribution is 2.29. The number of rotatable bonds is 5. The van der Waals surface area contributed by atoms with Crippen LogP contribution in [-0.4, -0.2) is 19.3 Å². The first kappa shape index (κ1) is 14.4. The molecule has 0 amide bonds. The van der Waals surface area contributed by atoms with E-state index in [1.807, 2.05) is 11.6 Å². The maximum absolute atomic E-state index is 6.09. The summed E-state index contributed by atoms with van der Waals surface area (Å²) in [6.45, 7) is 11.7. The van der Waals surface area contributed by atoms with Gasteiger partial charge in [0.15, 0.2) is 5.65 Å². The van der Waals surface area contributed by atoms with Crippen LogP contribution in [0.4, 0.5) is 0 Å². The number of hydrogen-bond donors (Lipinski definition) is 0. The molecular weight excluding hydrogens is 260 g/mol. The number of aromatic nitrogens is 4. The average molecular weight is 283 g/mol. The van der Waals surface area contributed by atoms with Gasteiger partial charge < -0.3 is 4.57 Å². The minimum atomic E-state index is 0.380. The molecule has 19 heavy (non-hydrogen) atoms. The second-order valence-electron chi connectivity index (χ2n) is 5.23. The molecule has 2 aromatic rings. The van der Waals surface area contributed by atoms with E-state index >= 15 is 0 Å². The molecule has 0 N–H and O–H groups in total. The van der Waals surface area contributed by atoms with Crippen LogP contribution in [0.1, 0.15) is 51.7 Å². The quantitative estimate of drug-likeness (QED) is 0.780. The van der Waals surface area contributed by atoms with Crippen molar-refractivity contribution < 1.29 is 0 Å². The summed E-state index contributed by atoms with van der Waals surface area (Å²) >= 11 is 6.09. The Hall–Kier alpha value is -1.03. The van der Waals surface area contributed by atoms with Crippen LogP contribution in [0.15, 0.2) is 0 Å². The molecule has 0 radical (unpaired) electrons. The molecule has 0 aliphatic heterocycles. The summed E-state index contributed by atoms with van der Waals surface area (Å²) in [5.74, 6) is 1.98. The number of aryl methyl sites for hydroxylation is 2. The zero-order valence-corrected chi connectivity index (χ0v) is 13.2. The van der Waals surface area contributed by atoms with Crippen LogP contribution in [-0.2, 0) is 12.4 Å². The molecule has 0 fully saturated rings. The van der Waals surface area contributed by atoms with E-state index in [4.69, 9.17) is 11.6 Å². The van der Waals surface area contributed by atoms with Crippen molar-refractivity contribution in [2.45, 2.75) is 59.5 Å². The Morgan fingerprint density at radius 2 is 1.95 bits per heavy atom. The van der Waals surface area contributed by atoms with Crippen molar-refractivity contribution in [3.8, 4) is 0 Å². The van der Waals surface area contributed by atoms with Gasteiger partial charge in [0, 0.05) is 12.6 Å². The highest BCUT2D eigenvalue weighted by Gasteiger charge is 2.23. The van der Waals surface area contributed by atoms with Crippen LogP contribution < -0.4 is 0 Å². The lowest BCUT2D eigenvalue weighted by atomic mass is 10.0. The van der Waals surface area contributed by atoms with E-state index in [-0.39, 0.29) is 0 Å². The predicted molar refractivity (Wildman–Crippen MR) is 79.7 cm³/mol. The van der Waals surface area contributed by atoms with Crippen molar-refractivity contribution in [3.63, 3.8) is 0 Å². The summed E-state index contributed by atoms with van der Waals surface area (Å²) < 4.78 is 4.31. The summed E-state index contributed by atoms with van der Waals surface area (Å²) in [5, 5.41) is 4.56. The SMILES string of the molecule is CCC(C)C(C)n1c(CCl)nc2c(C)nn(CC)c21. The second kappa shape index (κ2) is 5.53. The summed E-state index contributed by atoms with van der Waals surface area (Å²) in [4.78, 5) is 4.68. The second-order valence-corrected chi connectivity index (χ2v) is 5.50. The molecule has 5 heteroatoms. The third-order valence-corrected chi connectivity index (χ3v) is 4.35. The van der Waals surface area contributed by atoms with Crippen LogP contribution in [0.3, 0.4) is 0 Å². The van der Waals surface area contributed by atoms with Crippen molar-refractivity contribution in [3.05, 3.63) is 11.5 Å². The summed E-state index contributed by atoms with van der Waals surface area (Å²) in [6, 6.07) is 0.380. The molecule has 2 unspecified atom stereocenters. The number of halogens is 1. The number of alkyl halides is 1. The lowest BCUT2D eigenvalue weighted by Crippen LogP contribution is -2.17. The van der Waals surface area contributed by atoms with Crippen molar-refractivity contribution in [1.29, 1.82) is 0 Å². The summed E-state index contributed by atoms with van der Waals surface area (Å²) in [7, 11) is 0. The van der Waals surface area contributed by atoms with Gasteiger partial charge in [-0.15, -0.1) is 11.6 Å². The Morgan fingerprint density at radius 1 is 1.26 bits per heavy atom. The van der Waals surface area contributed by atoms with Gasteiger partial charge in [0.2, 0.25) is 0 Å². The topological polar surface area (TPSA) is 35.6 Å². The molecule has 106 valence electrons. The van der Waals surface area contributed by atoms with Crippen molar-refractivity contribution in [2.24, 2.45) is 5.92 Å². The largest absolute Gasteiger partial charge is 0.309 e. The molecule has 0 aliphatic rings. The van der Waals surface area contributed by atoms with Crippen LogP contribution in [0.25, 0.3) is 11.2 Å². The smallest absolute Gasteiger partial charge is 0.159 e. The van der Waals surface area contributed by atoms with E-state index < -0.39 is 0 Å². The maximum Gasteiger partial charge on any atom is 0.159 e. The lowest BCUT2D eigenvalue weighted by Gasteiger charge is -2.22. The first-order valence-corrected chi connectivity index (χ1v) is 7.58. The minimum Gasteiger partial charge on any atom is -0.309 e. The highest BCUT2D eigenvalue weighted by atomic mass is 35.5. The molecule has 0 saturated carbocycles. The van der Waals surface area contributed by atoms with E-state index in [0.717, 1.165) is 35.6 Å². The third kappa shape index (κ3) is 2.27. The van der Waals surface area contributed by atoms with Gasteiger partial charge in [0.1, 0.15) is 11.3 Å². The Balaban J connectivity index is 2.68. The Morgan fingerprint density at radius 3 is 2.47 bits per heavy atom. The van der Waals surface area contributed by atoms with Crippen molar-refractivity contribution >= 4 is 22.8 Å². The predicted octanol–water partition coefficient (Wildman–Crippen LogP) is 3.91. The van der Waals surface area contributed by atoms with E-state index in [1.165, 1.54) is 0 Å². The first-order valence-electron chi connectivity index (χ1n) is 7.05. The van der Waals surface area contributed by atoms with E-state index in [9.17, 15) is 0 Å². The number of imidazole rings is 1. The van der Waals surface area contributed by atoms with E-state index in [2.05, 4.69) is 42.3 Å². The van der Waals surface area contributed by atoms with Crippen LogP contribution in [0.5, 0.6) is 0 Å². The summed E-state index contributed by atoms with van der Waals surface area (Å²) in [5.41, 5.74) is 3.09. The van der Waals surface area contributed by atoms with Crippen molar-refractivity contribution in [2.75, 3.05) is 0 Å². The first-order chi connectivity index (χ1) is 9.04. The van der Waals surface area contributed by atoms with Gasteiger partial charge in [0.05, 0.1) is 11.6 Å². The van der Waals surface area contributed by atoms with Crippen LogP contribution in [0.2, 0.25) is 0 Å². The molecular formula is C14H23ClN4. The van der Waals surface area contributed by atoms with Gasteiger partial charge >= 0.3 is 0 Å². The molecule has 2 rings (SSSR count). The number of hydrogen-bond acceptors (Lipinski definition) is 2. The summed E-state index contributed by atoms with van der Waals surface area (Å²) in [6.07, 6.45) is 1.14. The lowest BCUT2D eigenvalue weighted by molar-refractivity contribution is 0.366. The molecule has 0 aromatic carbocycles. The van der Waals surface area contributed by atoms with Gasteiger partial charge in [0.25, 0.3) is 0 Å². The van der Waals surface area contributed by atoms with Gasteiger partial charge in [-0.05, 0) is 26.7 Å². The zero-order chi connectivity index (χ0) is 14.2. The molecule has 0 bridgehead atoms.